The Labute approximate surface area is 107 Å². The Morgan fingerprint density at radius 3 is 2.26 bits per heavy atom. The van der Waals surface area contributed by atoms with Crippen LogP contribution in [0.3, 0.4) is 0 Å². The number of aliphatic hydroxyl groups is 4. The third-order valence-corrected chi connectivity index (χ3v) is 3.51. The summed E-state index contributed by atoms with van der Waals surface area (Å²) in [6.07, 6.45) is -6.32. The minimum atomic E-state index is -4.77. The van der Waals surface area contributed by atoms with E-state index < -0.39 is 56.3 Å². The molecule has 1 rings (SSSR count). The van der Waals surface area contributed by atoms with Crippen molar-refractivity contribution >= 4 is 13.4 Å². The predicted octanol–water partition coefficient (Wildman–Crippen LogP) is -4.14. The first kappa shape index (κ1) is 16.6. The lowest BCUT2D eigenvalue weighted by Gasteiger charge is -2.45. The van der Waals surface area contributed by atoms with E-state index in [-0.39, 0.29) is 0 Å². The highest BCUT2D eigenvalue weighted by atomic mass is 31.2. The summed E-state index contributed by atoms with van der Waals surface area (Å²) in [6, 6.07) is -1.82. The van der Waals surface area contributed by atoms with Crippen LogP contribution >= 0.6 is 7.60 Å². The van der Waals surface area contributed by atoms with Crippen molar-refractivity contribution in [3.63, 3.8) is 0 Å². The molecule has 1 saturated heterocycles. The van der Waals surface area contributed by atoms with Gasteiger partial charge in [0.1, 0.15) is 24.5 Å². The van der Waals surface area contributed by atoms with E-state index in [9.17, 15) is 24.7 Å². The molecule has 5 atom stereocenters. The third-order valence-electron chi connectivity index (χ3n) is 2.81. The van der Waals surface area contributed by atoms with Gasteiger partial charge in [0.15, 0.2) is 0 Å². The Balaban J connectivity index is 3.01. The summed E-state index contributed by atoms with van der Waals surface area (Å²) in [4.78, 5) is 29.0. The van der Waals surface area contributed by atoms with Gasteiger partial charge in [-0.3, -0.25) is 9.36 Å². The molecule has 19 heavy (non-hydrogen) atoms. The van der Waals surface area contributed by atoms with Gasteiger partial charge in [-0.05, 0) is 0 Å². The topological polar surface area (TPSA) is 191 Å². The standard InChI is InChI=1S/C8H16NO9P/c9-7-6(13)5(12)3(1-10)18-8(7,14)4(11)2-19(15,16)17/h3,5-7,10,12-14H,1-2,9H2,(H2,15,16,17)/t3-,5-,6+,7-,8?/m1/s1. The van der Waals surface area contributed by atoms with Gasteiger partial charge in [0.2, 0.25) is 11.6 Å². The zero-order valence-corrected chi connectivity index (χ0v) is 10.6. The van der Waals surface area contributed by atoms with Crippen LogP contribution in [0.1, 0.15) is 0 Å². The summed E-state index contributed by atoms with van der Waals surface area (Å²) in [7, 11) is -4.77. The molecule has 0 aromatic heterocycles. The quantitative estimate of drug-likeness (QED) is 0.251. The van der Waals surface area contributed by atoms with Crippen LogP contribution in [0.15, 0.2) is 0 Å². The van der Waals surface area contributed by atoms with Crippen molar-refractivity contribution < 1.29 is 44.3 Å². The van der Waals surface area contributed by atoms with Gasteiger partial charge in [0.25, 0.3) is 0 Å². The number of Topliss-reactive ketones (excluding diaryl/α,β-unsaturated/α-hetero) is 1. The number of rotatable bonds is 4. The number of ketones is 1. The molecule has 0 radical (unpaired) electrons. The Hall–Kier alpha value is -0.420. The van der Waals surface area contributed by atoms with Crippen molar-refractivity contribution in [3.05, 3.63) is 0 Å². The lowest BCUT2D eigenvalue weighted by atomic mass is 9.89. The summed E-state index contributed by atoms with van der Waals surface area (Å²) < 4.78 is 15.4. The van der Waals surface area contributed by atoms with Crippen LogP contribution in [-0.4, -0.2) is 78.9 Å². The average Bonchev–Trinajstić information content (AvgIpc) is 2.29. The molecule has 1 fully saturated rings. The Bertz CT molecular complexity index is 396. The summed E-state index contributed by atoms with van der Waals surface area (Å²) in [6.45, 7) is -0.837. The van der Waals surface area contributed by atoms with Gasteiger partial charge in [-0.2, -0.15) is 0 Å². The normalized spacial score (nSPS) is 40.2. The number of aliphatic hydroxyl groups excluding tert-OH is 3. The predicted molar refractivity (Wildman–Crippen MR) is 58.8 cm³/mol. The first-order valence-corrected chi connectivity index (χ1v) is 7.03. The molecule has 10 nitrogen and oxygen atoms in total. The molecule has 112 valence electrons. The van der Waals surface area contributed by atoms with E-state index in [1.165, 1.54) is 0 Å². The zero-order valence-electron chi connectivity index (χ0n) is 9.66. The van der Waals surface area contributed by atoms with Crippen molar-refractivity contribution in [1.82, 2.24) is 0 Å². The van der Waals surface area contributed by atoms with Crippen molar-refractivity contribution in [2.45, 2.75) is 30.1 Å². The molecule has 1 aliphatic heterocycles. The molecule has 1 unspecified atom stereocenters. The molecule has 0 amide bonds. The second-order valence-corrected chi connectivity index (χ2v) is 5.93. The van der Waals surface area contributed by atoms with Gasteiger partial charge < -0.3 is 40.7 Å². The molecule has 0 bridgehead atoms. The van der Waals surface area contributed by atoms with Gasteiger partial charge in [0.05, 0.1) is 12.6 Å². The Kier molecular flexibility index (Phi) is 4.84. The molecular weight excluding hydrogens is 285 g/mol. The summed E-state index contributed by atoms with van der Waals surface area (Å²) in [5.41, 5.74) is 5.34. The van der Waals surface area contributed by atoms with Crippen LogP contribution in [-0.2, 0) is 14.1 Å². The average molecular weight is 301 g/mol. The molecule has 1 aliphatic rings. The largest absolute Gasteiger partial charge is 0.394 e. The van der Waals surface area contributed by atoms with Crippen LogP contribution in [0, 0.1) is 0 Å². The lowest BCUT2D eigenvalue weighted by Crippen LogP contribution is -2.71. The molecule has 8 N–H and O–H groups in total. The molecule has 0 spiro atoms. The maximum Gasteiger partial charge on any atom is 0.333 e. The van der Waals surface area contributed by atoms with Gasteiger partial charge in [-0.1, -0.05) is 0 Å². The molecule has 0 aromatic rings. The number of nitrogens with two attached hydrogens (primary N) is 1. The van der Waals surface area contributed by atoms with Gasteiger partial charge in [-0.15, -0.1) is 0 Å². The second-order valence-electron chi connectivity index (χ2n) is 4.29. The summed E-state index contributed by atoms with van der Waals surface area (Å²) >= 11 is 0. The van der Waals surface area contributed by atoms with Crippen molar-refractivity contribution in [2.24, 2.45) is 5.73 Å². The van der Waals surface area contributed by atoms with Crippen LogP contribution in [0.5, 0.6) is 0 Å². The summed E-state index contributed by atoms with van der Waals surface area (Å²) in [5, 5.41) is 37.9. The molecule has 0 aromatic carbocycles. The van der Waals surface area contributed by atoms with Crippen LogP contribution in [0.4, 0.5) is 0 Å². The monoisotopic (exact) mass is 301 g/mol. The molecular formula is C8H16NO9P. The maximum absolute atomic E-state index is 11.6. The van der Waals surface area contributed by atoms with Gasteiger partial charge >= 0.3 is 7.60 Å². The van der Waals surface area contributed by atoms with Gasteiger partial charge in [-0.25, -0.2) is 0 Å². The van der Waals surface area contributed by atoms with E-state index in [1.807, 2.05) is 0 Å². The van der Waals surface area contributed by atoms with E-state index in [1.54, 1.807) is 0 Å². The van der Waals surface area contributed by atoms with E-state index in [4.69, 9.17) is 25.4 Å². The Morgan fingerprint density at radius 1 is 1.32 bits per heavy atom. The second kappa shape index (κ2) is 5.52. The molecule has 0 aliphatic carbocycles. The first-order valence-electron chi connectivity index (χ1n) is 5.23. The SMILES string of the molecule is N[C@@H]1[C@@H](O)[C@H](O)[C@@H](CO)OC1(O)C(=O)CP(=O)(O)O. The maximum atomic E-state index is 11.6. The number of carbonyl (C=O) groups is 1. The van der Waals surface area contributed by atoms with Crippen LogP contribution in [0.25, 0.3) is 0 Å². The number of carbonyl (C=O) groups excluding carboxylic acids is 1. The fourth-order valence-electron chi connectivity index (χ4n) is 1.74. The van der Waals surface area contributed by atoms with E-state index in [2.05, 4.69) is 0 Å². The van der Waals surface area contributed by atoms with E-state index >= 15 is 0 Å². The Morgan fingerprint density at radius 2 is 1.84 bits per heavy atom. The highest BCUT2D eigenvalue weighted by molar-refractivity contribution is 7.52. The smallest absolute Gasteiger partial charge is 0.333 e. The van der Waals surface area contributed by atoms with Crippen molar-refractivity contribution in [2.75, 3.05) is 12.8 Å². The van der Waals surface area contributed by atoms with Crippen molar-refractivity contribution in [3.8, 4) is 0 Å². The molecule has 0 saturated carbocycles. The van der Waals surface area contributed by atoms with E-state index in [0.29, 0.717) is 0 Å². The minimum Gasteiger partial charge on any atom is -0.394 e. The number of ether oxygens (including phenoxy) is 1. The fourth-order valence-corrected chi connectivity index (χ4v) is 2.34. The van der Waals surface area contributed by atoms with Crippen molar-refractivity contribution in [1.29, 1.82) is 0 Å². The minimum absolute atomic E-state index is 0.837. The van der Waals surface area contributed by atoms with Crippen LogP contribution < -0.4 is 5.73 Å². The third kappa shape index (κ3) is 3.37. The number of hydrogen-bond acceptors (Lipinski definition) is 8. The number of hydrogen-bond donors (Lipinski definition) is 7. The molecule has 11 heteroatoms. The summed E-state index contributed by atoms with van der Waals surface area (Å²) in [5.74, 6) is -4.34. The van der Waals surface area contributed by atoms with Crippen LogP contribution in [0.2, 0.25) is 0 Å². The zero-order chi connectivity index (χ0) is 15.0. The highest BCUT2D eigenvalue weighted by Gasteiger charge is 2.56. The first-order chi connectivity index (χ1) is 8.53. The van der Waals surface area contributed by atoms with E-state index in [0.717, 1.165) is 0 Å². The fraction of sp³-hybridized carbons (Fsp3) is 0.875. The highest BCUT2D eigenvalue weighted by Crippen LogP contribution is 2.37. The van der Waals surface area contributed by atoms with Gasteiger partial charge in [0, 0.05) is 0 Å². The molecule has 1 heterocycles. The lowest BCUT2D eigenvalue weighted by molar-refractivity contribution is -0.296.